The molecule has 2 rings (SSSR count). The number of nitrogens with zero attached hydrogens (tertiary/aromatic N) is 2. The molecule has 0 amide bonds. The first kappa shape index (κ1) is 14.1. The number of benzene rings is 1. The summed E-state index contributed by atoms with van der Waals surface area (Å²) < 4.78 is 0. The van der Waals surface area contributed by atoms with Gasteiger partial charge in [-0.1, -0.05) is 12.1 Å². The summed E-state index contributed by atoms with van der Waals surface area (Å²) in [7, 11) is 0. The fraction of sp³-hybridized carbons (Fsp3) is 0.133. The van der Waals surface area contributed by atoms with Gasteiger partial charge in [0, 0.05) is 18.1 Å². The average Bonchev–Trinajstić information content (AvgIpc) is 2.45. The summed E-state index contributed by atoms with van der Waals surface area (Å²) in [5, 5.41) is 7.68. The van der Waals surface area contributed by atoms with Crippen LogP contribution in [0.25, 0.3) is 0 Å². The Hall–Kier alpha value is -2.27. The van der Waals surface area contributed by atoms with E-state index in [2.05, 4.69) is 40.7 Å². The maximum Gasteiger partial charge on any atom is 0.191 e. The Morgan fingerprint density at radius 1 is 1.20 bits per heavy atom. The molecule has 1 heterocycles. The summed E-state index contributed by atoms with van der Waals surface area (Å²) >= 11 is 5.21. The van der Waals surface area contributed by atoms with E-state index >= 15 is 0 Å². The molecule has 0 fully saturated rings. The van der Waals surface area contributed by atoms with Crippen molar-refractivity contribution in [2.24, 2.45) is 5.10 Å². The van der Waals surface area contributed by atoms with Crippen molar-refractivity contribution in [1.82, 2.24) is 10.4 Å². The number of hydrazone groups is 1. The first-order valence-electron chi connectivity index (χ1n) is 6.23. The van der Waals surface area contributed by atoms with Crippen LogP contribution >= 0.6 is 12.2 Å². The average molecular weight is 284 g/mol. The highest BCUT2D eigenvalue weighted by atomic mass is 32.1. The molecule has 0 bridgehead atoms. The maximum absolute atomic E-state index is 5.21. The van der Waals surface area contributed by atoms with Crippen LogP contribution in [0.1, 0.15) is 16.7 Å². The van der Waals surface area contributed by atoms with Crippen LogP contribution in [-0.2, 0) is 0 Å². The van der Waals surface area contributed by atoms with Crippen LogP contribution in [0.15, 0.2) is 47.8 Å². The molecular formula is C15H16N4S. The monoisotopic (exact) mass is 284 g/mol. The number of aromatic nitrogens is 1. The zero-order chi connectivity index (χ0) is 14.4. The highest BCUT2D eigenvalue weighted by Crippen LogP contribution is 2.17. The Labute approximate surface area is 123 Å². The van der Waals surface area contributed by atoms with E-state index in [-0.39, 0.29) is 0 Å². The molecule has 0 saturated carbocycles. The topological polar surface area (TPSA) is 49.3 Å². The van der Waals surface area contributed by atoms with E-state index in [1.807, 2.05) is 24.3 Å². The number of aryl methyl sites for hydroxylation is 1. The normalized spacial score (nSPS) is 10.5. The lowest BCUT2D eigenvalue weighted by molar-refractivity contribution is 1.05. The van der Waals surface area contributed by atoms with Crippen molar-refractivity contribution in [2.75, 3.05) is 5.32 Å². The summed E-state index contributed by atoms with van der Waals surface area (Å²) in [5.41, 5.74) is 7.14. The minimum Gasteiger partial charge on any atom is -0.331 e. The van der Waals surface area contributed by atoms with Gasteiger partial charge in [-0.15, -0.1) is 0 Å². The second-order valence-electron chi connectivity index (χ2n) is 4.35. The zero-order valence-electron chi connectivity index (χ0n) is 11.4. The van der Waals surface area contributed by atoms with Crippen LogP contribution in [0.5, 0.6) is 0 Å². The molecule has 0 atom stereocenters. The number of pyridine rings is 1. The third-order valence-electron chi connectivity index (χ3n) is 2.94. The fourth-order valence-electron chi connectivity index (χ4n) is 1.65. The highest BCUT2D eigenvalue weighted by Gasteiger charge is 2.01. The number of nitrogens with one attached hydrogen (secondary N) is 2. The molecule has 5 heteroatoms. The molecule has 20 heavy (non-hydrogen) atoms. The Balaban J connectivity index is 1.93. The van der Waals surface area contributed by atoms with Crippen molar-refractivity contribution >= 4 is 29.2 Å². The van der Waals surface area contributed by atoms with Gasteiger partial charge in [-0.3, -0.25) is 10.4 Å². The van der Waals surface area contributed by atoms with Crippen molar-refractivity contribution in [1.29, 1.82) is 0 Å². The Morgan fingerprint density at radius 2 is 1.95 bits per heavy atom. The van der Waals surface area contributed by atoms with Crippen molar-refractivity contribution < 1.29 is 0 Å². The predicted molar refractivity (Wildman–Crippen MR) is 87.1 cm³/mol. The third kappa shape index (κ3) is 3.86. The second kappa shape index (κ2) is 6.77. The molecule has 102 valence electrons. The first-order chi connectivity index (χ1) is 9.66. The van der Waals surface area contributed by atoms with Crippen LogP contribution < -0.4 is 10.7 Å². The Kier molecular flexibility index (Phi) is 4.79. The van der Waals surface area contributed by atoms with E-state index in [1.165, 1.54) is 11.1 Å². The second-order valence-corrected chi connectivity index (χ2v) is 4.76. The van der Waals surface area contributed by atoms with Gasteiger partial charge in [0.25, 0.3) is 0 Å². The zero-order valence-corrected chi connectivity index (χ0v) is 12.2. The SMILES string of the molecule is Cc1cccc(NC(=S)N/N=C/c2ccncc2)c1C. The lowest BCUT2D eigenvalue weighted by Gasteiger charge is -2.11. The molecule has 0 spiro atoms. The van der Waals surface area contributed by atoms with Crippen molar-refractivity contribution in [3.8, 4) is 0 Å². The summed E-state index contributed by atoms with van der Waals surface area (Å²) in [4.78, 5) is 3.94. The molecule has 0 aliphatic carbocycles. The Morgan fingerprint density at radius 3 is 2.70 bits per heavy atom. The first-order valence-corrected chi connectivity index (χ1v) is 6.64. The summed E-state index contributed by atoms with van der Waals surface area (Å²) in [6.07, 6.45) is 5.13. The van der Waals surface area contributed by atoms with Gasteiger partial charge < -0.3 is 5.32 Å². The highest BCUT2D eigenvalue weighted by molar-refractivity contribution is 7.80. The standard InChI is InChI=1S/C15H16N4S/c1-11-4-3-5-14(12(11)2)18-15(20)19-17-10-13-6-8-16-9-7-13/h3-10H,1-2H3,(H2,18,19,20)/b17-10+. The molecule has 2 N–H and O–H groups in total. The molecule has 0 unspecified atom stereocenters. The van der Waals surface area contributed by atoms with E-state index in [1.54, 1.807) is 18.6 Å². The van der Waals surface area contributed by atoms with E-state index in [4.69, 9.17) is 12.2 Å². The summed E-state index contributed by atoms with van der Waals surface area (Å²) in [6.45, 7) is 4.12. The number of anilines is 1. The Bertz CT molecular complexity index is 623. The van der Waals surface area contributed by atoms with Crippen molar-refractivity contribution in [3.63, 3.8) is 0 Å². The van der Waals surface area contributed by atoms with Crippen molar-refractivity contribution in [2.45, 2.75) is 13.8 Å². The smallest absolute Gasteiger partial charge is 0.191 e. The summed E-state index contributed by atoms with van der Waals surface area (Å²) in [5.74, 6) is 0. The molecule has 4 nitrogen and oxygen atoms in total. The lowest BCUT2D eigenvalue weighted by Crippen LogP contribution is -2.24. The molecule has 0 aliphatic heterocycles. The van der Waals surface area contributed by atoms with Gasteiger partial charge in [-0.25, -0.2) is 0 Å². The molecule has 0 aliphatic rings. The minimum atomic E-state index is 0.462. The van der Waals surface area contributed by atoms with Gasteiger partial charge in [0.1, 0.15) is 0 Å². The van der Waals surface area contributed by atoms with Crippen LogP contribution in [0.4, 0.5) is 5.69 Å². The largest absolute Gasteiger partial charge is 0.331 e. The molecule has 1 aromatic carbocycles. The van der Waals surface area contributed by atoms with Crippen LogP contribution in [0.2, 0.25) is 0 Å². The van der Waals surface area contributed by atoms with E-state index < -0.39 is 0 Å². The number of hydrogen-bond acceptors (Lipinski definition) is 3. The number of hydrogen-bond donors (Lipinski definition) is 2. The van der Waals surface area contributed by atoms with Gasteiger partial charge in [-0.2, -0.15) is 5.10 Å². The lowest BCUT2D eigenvalue weighted by atomic mass is 10.1. The van der Waals surface area contributed by atoms with Crippen LogP contribution in [0.3, 0.4) is 0 Å². The quantitative estimate of drug-likeness (QED) is 0.517. The van der Waals surface area contributed by atoms with E-state index in [9.17, 15) is 0 Å². The van der Waals surface area contributed by atoms with Gasteiger partial charge in [0.2, 0.25) is 0 Å². The maximum atomic E-state index is 5.21. The molecule has 1 aromatic heterocycles. The molecular weight excluding hydrogens is 268 g/mol. The van der Waals surface area contributed by atoms with Crippen molar-refractivity contribution in [3.05, 3.63) is 59.4 Å². The van der Waals surface area contributed by atoms with E-state index in [0.717, 1.165) is 11.3 Å². The van der Waals surface area contributed by atoms with E-state index in [0.29, 0.717) is 5.11 Å². The predicted octanol–water partition coefficient (Wildman–Crippen LogP) is 3.02. The number of thiocarbonyl (C=S) groups is 1. The van der Waals surface area contributed by atoms with Gasteiger partial charge in [0.15, 0.2) is 5.11 Å². The molecule has 2 aromatic rings. The van der Waals surface area contributed by atoms with Gasteiger partial charge in [-0.05, 0) is 61.0 Å². The van der Waals surface area contributed by atoms with Gasteiger partial charge >= 0.3 is 0 Å². The minimum absolute atomic E-state index is 0.462. The fourth-order valence-corrected chi connectivity index (χ4v) is 1.81. The number of rotatable bonds is 3. The van der Waals surface area contributed by atoms with Crippen LogP contribution in [-0.4, -0.2) is 16.3 Å². The molecule has 0 saturated heterocycles. The van der Waals surface area contributed by atoms with Gasteiger partial charge in [0.05, 0.1) is 6.21 Å². The third-order valence-corrected chi connectivity index (χ3v) is 3.13. The molecule has 0 radical (unpaired) electrons. The summed E-state index contributed by atoms with van der Waals surface area (Å²) in [6, 6.07) is 9.79. The van der Waals surface area contributed by atoms with Crippen LogP contribution in [0, 0.1) is 13.8 Å².